The van der Waals surface area contributed by atoms with Crippen molar-refractivity contribution in [2.75, 3.05) is 0 Å². The molecule has 3 rings (SSSR count). The van der Waals surface area contributed by atoms with Gasteiger partial charge in [-0.1, -0.05) is 91.0 Å². The second-order valence-electron chi connectivity index (χ2n) is 4.96. The first-order valence-electron chi connectivity index (χ1n) is 8.57. The van der Waals surface area contributed by atoms with Gasteiger partial charge in [0.25, 0.3) is 0 Å². The first-order chi connectivity index (χ1) is 15.9. The van der Waals surface area contributed by atoms with Gasteiger partial charge >= 0.3 is 17.4 Å². The summed E-state index contributed by atoms with van der Waals surface area (Å²) < 4.78 is 0. The van der Waals surface area contributed by atoms with Gasteiger partial charge in [0.05, 0.1) is 17.9 Å². The van der Waals surface area contributed by atoms with Gasteiger partial charge in [-0.15, -0.1) is 0 Å². The first-order valence-corrected chi connectivity index (χ1v) is 8.57. The Morgan fingerprint density at radius 3 is 0.657 bits per heavy atom. The molecule has 10 heteroatoms. The average Bonchev–Trinajstić information content (AvgIpc) is 2.90. The SMILES string of the molecule is C=O.C=O.C=O.O=C([O-])c1ccccc1.O=C([O-])c1ccccc1.O=C([O-])c1ccccc1.[CH3-].[Cr+4]. The quantitative estimate of drug-likeness (QED) is 0.432. The monoisotopic (exact) mass is 520 g/mol. The Balaban J connectivity index is -0.000000113. The molecule has 35 heavy (non-hydrogen) atoms. The molecule has 0 saturated carbocycles. The van der Waals surface area contributed by atoms with Crippen molar-refractivity contribution in [1.82, 2.24) is 0 Å². The van der Waals surface area contributed by atoms with E-state index in [9.17, 15) is 29.7 Å². The van der Waals surface area contributed by atoms with Crippen LogP contribution in [0.15, 0.2) is 91.0 Å². The molecule has 0 bridgehead atoms. The number of aromatic carboxylic acids is 3. The van der Waals surface area contributed by atoms with Crippen LogP contribution < -0.4 is 15.3 Å². The minimum atomic E-state index is -1.13. The van der Waals surface area contributed by atoms with E-state index in [4.69, 9.17) is 14.4 Å². The minimum absolute atomic E-state index is 0. The summed E-state index contributed by atoms with van der Waals surface area (Å²) in [5, 5.41) is 30.3. The van der Waals surface area contributed by atoms with E-state index in [-0.39, 0.29) is 41.5 Å². The van der Waals surface area contributed by atoms with Crippen LogP contribution in [0.2, 0.25) is 0 Å². The van der Waals surface area contributed by atoms with Crippen LogP contribution in [-0.4, -0.2) is 38.3 Å². The number of hydrogen-bond donors (Lipinski definition) is 0. The van der Waals surface area contributed by atoms with Crippen molar-refractivity contribution in [3.05, 3.63) is 115 Å². The van der Waals surface area contributed by atoms with Gasteiger partial charge in [-0.2, -0.15) is 0 Å². The maximum Gasteiger partial charge on any atom is 4.00 e. The Morgan fingerprint density at radius 2 is 0.571 bits per heavy atom. The van der Waals surface area contributed by atoms with Crippen molar-refractivity contribution in [3.8, 4) is 0 Å². The maximum atomic E-state index is 10.1. The van der Waals surface area contributed by atoms with E-state index in [0.717, 1.165) is 0 Å². The second kappa shape index (κ2) is 29.6. The van der Waals surface area contributed by atoms with Gasteiger partial charge in [0, 0.05) is 0 Å². The van der Waals surface area contributed by atoms with Crippen LogP contribution in [-0.2, 0) is 31.7 Å². The predicted octanol–water partition coefficient (Wildman–Crippen LogP) is 0.0434. The molecule has 0 heterocycles. The molecule has 0 unspecified atom stereocenters. The van der Waals surface area contributed by atoms with Crippen LogP contribution in [0.1, 0.15) is 31.1 Å². The maximum absolute atomic E-state index is 10.1. The van der Waals surface area contributed by atoms with Crippen molar-refractivity contribution < 1.29 is 61.4 Å². The molecule has 0 aliphatic rings. The molecule has 0 aliphatic carbocycles. The normalized spacial score (nSPS) is 7.20. The van der Waals surface area contributed by atoms with Crippen LogP contribution in [0, 0.1) is 7.43 Å². The topological polar surface area (TPSA) is 172 Å². The van der Waals surface area contributed by atoms with Crippen molar-refractivity contribution in [1.29, 1.82) is 0 Å². The number of carboxylic acid groups (broad SMARTS) is 3. The molecule has 0 spiro atoms. The summed E-state index contributed by atoms with van der Waals surface area (Å²) in [6.45, 7) is 6.00. The summed E-state index contributed by atoms with van der Waals surface area (Å²) >= 11 is 0. The van der Waals surface area contributed by atoms with E-state index >= 15 is 0 Å². The molecule has 0 saturated heterocycles. The van der Waals surface area contributed by atoms with E-state index < -0.39 is 17.9 Å². The summed E-state index contributed by atoms with van der Waals surface area (Å²) in [5.41, 5.74) is 0.660. The van der Waals surface area contributed by atoms with Gasteiger partial charge < -0.3 is 51.5 Å². The molecular weight excluding hydrogens is 496 g/mol. The van der Waals surface area contributed by atoms with Gasteiger partial charge in [-0.3, -0.25) is 0 Å². The van der Waals surface area contributed by atoms with Crippen LogP contribution in [0.25, 0.3) is 0 Å². The molecule has 184 valence electrons. The van der Waals surface area contributed by atoms with E-state index in [1.807, 2.05) is 20.4 Å². The summed E-state index contributed by atoms with van der Waals surface area (Å²) in [6.07, 6.45) is 0. The molecule has 0 fully saturated rings. The van der Waals surface area contributed by atoms with Crippen molar-refractivity contribution >= 4 is 38.3 Å². The summed E-state index contributed by atoms with van der Waals surface area (Å²) in [4.78, 5) is 54.3. The summed E-state index contributed by atoms with van der Waals surface area (Å²) in [7, 11) is 0. The van der Waals surface area contributed by atoms with Gasteiger partial charge in [0.2, 0.25) is 0 Å². The molecule has 0 radical (unpaired) electrons. The molecule has 0 aromatic heterocycles. The molecule has 0 aliphatic heterocycles. The number of benzene rings is 3. The van der Waals surface area contributed by atoms with Crippen molar-refractivity contribution in [2.24, 2.45) is 0 Å². The molecular formula is C25H24CrO9. The summed E-state index contributed by atoms with van der Waals surface area (Å²) in [5.74, 6) is -3.39. The van der Waals surface area contributed by atoms with Crippen molar-refractivity contribution in [3.63, 3.8) is 0 Å². The van der Waals surface area contributed by atoms with Gasteiger partial charge in [0.1, 0.15) is 20.4 Å². The van der Waals surface area contributed by atoms with E-state index in [2.05, 4.69) is 0 Å². The zero-order valence-corrected chi connectivity index (χ0v) is 20.1. The van der Waals surface area contributed by atoms with Gasteiger partial charge in [-0.05, 0) is 16.7 Å². The fourth-order valence-electron chi connectivity index (χ4n) is 1.72. The third-order valence-corrected chi connectivity index (χ3v) is 3.03. The first kappa shape index (κ1) is 40.9. The average molecular weight is 520 g/mol. The molecule has 0 amide bonds. The smallest absolute Gasteiger partial charge is 0.545 e. The number of carbonyl (C=O) groups excluding carboxylic acids is 6. The van der Waals surface area contributed by atoms with E-state index in [1.54, 1.807) is 54.6 Å². The number of rotatable bonds is 3. The predicted molar refractivity (Wildman–Crippen MR) is 120 cm³/mol. The molecule has 0 N–H and O–H groups in total. The zero-order chi connectivity index (χ0) is 26.1. The Bertz CT molecular complexity index is 784. The number of hydrogen-bond acceptors (Lipinski definition) is 9. The molecule has 0 atom stereocenters. The van der Waals surface area contributed by atoms with Crippen LogP contribution >= 0.6 is 0 Å². The Kier molecular flexibility index (Phi) is 34.6. The van der Waals surface area contributed by atoms with E-state index in [0.29, 0.717) is 0 Å². The van der Waals surface area contributed by atoms with E-state index in [1.165, 1.54) is 36.4 Å². The zero-order valence-electron chi connectivity index (χ0n) is 18.9. The molecule has 3 aromatic rings. The van der Waals surface area contributed by atoms with Gasteiger partial charge in [-0.25, -0.2) is 0 Å². The largest absolute Gasteiger partial charge is 4.00 e. The summed E-state index contributed by atoms with van der Waals surface area (Å²) in [6, 6.07) is 24.2. The fourth-order valence-corrected chi connectivity index (χ4v) is 1.72. The Hall–Kier alpha value is -4.39. The Morgan fingerprint density at radius 1 is 0.429 bits per heavy atom. The molecule has 9 nitrogen and oxygen atoms in total. The van der Waals surface area contributed by atoms with Crippen molar-refractivity contribution in [2.45, 2.75) is 0 Å². The minimum Gasteiger partial charge on any atom is -0.545 e. The third-order valence-electron chi connectivity index (χ3n) is 3.03. The van der Waals surface area contributed by atoms with Crippen LogP contribution in [0.3, 0.4) is 0 Å². The third kappa shape index (κ3) is 22.6. The second-order valence-corrected chi connectivity index (χ2v) is 4.96. The Labute approximate surface area is 214 Å². The molecule has 3 aromatic carbocycles. The standard InChI is InChI=1S/3C7H6O2.3CH2O.CH3.Cr/c3*8-7(9)6-4-2-1-3-5-6;3*1-2;;/h3*1-5H,(H,8,9);3*1H2;1H3;/q;;;;;;-1;+4/p-3. The van der Waals surface area contributed by atoms with Crippen LogP contribution in [0.4, 0.5) is 0 Å². The van der Waals surface area contributed by atoms with Crippen LogP contribution in [0.5, 0.6) is 0 Å². The van der Waals surface area contributed by atoms with Gasteiger partial charge in [0.15, 0.2) is 0 Å². The fraction of sp³-hybridized carbons (Fsp3) is 0. The number of carbonyl (C=O) groups is 6. The number of carboxylic acids is 3.